The van der Waals surface area contributed by atoms with Gasteiger partial charge in [-0.3, -0.25) is 9.00 Å². The van der Waals surface area contributed by atoms with Gasteiger partial charge in [0.15, 0.2) is 0 Å². The lowest BCUT2D eigenvalue weighted by molar-refractivity contribution is -0.118. The summed E-state index contributed by atoms with van der Waals surface area (Å²) in [6.45, 7) is 2.70. The van der Waals surface area contributed by atoms with Crippen molar-refractivity contribution in [3.8, 4) is 5.75 Å². The maximum atomic E-state index is 11.0. The highest BCUT2D eigenvalue weighted by Gasteiger charge is 2.10. The summed E-state index contributed by atoms with van der Waals surface area (Å²) in [6.07, 6.45) is 3.31. The van der Waals surface area contributed by atoms with Crippen molar-refractivity contribution < 1.29 is 18.3 Å². The molecular formula is C16H21N2O4S-. The maximum Gasteiger partial charge on any atom is 0.216 e. The van der Waals surface area contributed by atoms with Gasteiger partial charge in [-0.25, -0.2) is 0 Å². The van der Waals surface area contributed by atoms with Crippen LogP contribution in [0.15, 0.2) is 24.4 Å². The van der Waals surface area contributed by atoms with Crippen LogP contribution in [0.5, 0.6) is 5.75 Å². The zero-order valence-electron chi connectivity index (χ0n) is 13.3. The molecule has 6 nitrogen and oxygen atoms in total. The minimum atomic E-state index is -2.01. The fourth-order valence-corrected chi connectivity index (χ4v) is 2.95. The number of aryl methyl sites for hydroxylation is 1. The smallest absolute Gasteiger partial charge is 0.216 e. The van der Waals surface area contributed by atoms with Crippen molar-refractivity contribution in [3.05, 3.63) is 30.0 Å². The monoisotopic (exact) mass is 337 g/mol. The number of carbonyl (C=O) groups is 1. The van der Waals surface area contributed by atoms with Crippen LogP contribution in [-0.4, -0.2) is 38.6 Å². The van der Waals surface area contributed by atoms with Crippen molar-refractivity contribution in [1.82, 2.24) is 9.88 Å². The van der Waals surface area contributed by atoms with Crippen LogP contribution in [0, 0.1) is 0 Å². The quantitative estimate of drug-likeness (QED) is 0.742. The Balaban J connectivity index is 2.24. The Hall–Kier alpha value is -1.86. The van der Waals surface area contributed by atoms with Crippen molar-refractivity contribution in [2.75, 3.05) is 19.4 Å². The summed E-state index contributed by atoms with van der Waals surface area (Å²) >= 11 is -2.01. The van der Waals surface area contributed by atoms with E-state index in [1.165, 1.54) is 6.92 Å². The molecule has 0 radical (unpaired) electrons. The molecule has 2 rings (SSSR count). The highest BCUT2D eigenvalue weighted by molar-refractivity contribution is 7.79. The number of carbonyl (C=O) groups excluding carboxylic acids is 1. The van der Waals surface area contributed by atoms with E-state index in [2.05, 4.69) is 9.88 Å². The molecule has 0 aliphatic rings. The first-order chi connectivity index (χ1) is 11.0. The minimum Gasteiger partial charge on any atom is -0.772 e. The number of ether oxygens (including phenoxy) is 1. The number of nitrogens with one attached hydrogen (secondary N) is 1. The molecule has 0 saturated heterocycles. The van der Waals surface area contributed by atoms with Crippen molar-refractivity contribution in [1.29, 1.82) is 0 Å². The summed E-state index contributed by atoms with van der Waals surface area (Å²) in [5, 5.41) is 3.86. The van der Waals surface area contributed by atoms with E-state index in [0.29, 0.717) is 25.9 Å². The first-order valence-electron chi connectivity index (χ1n) is 7.47. The summed E-state index contributed by atoms with van der Waals surface area (Å²) in [5.41, 5.74) is 2.15. The number of fused-ring (bicyclic) bond motifs is 1. The highest BCUT2D eigenvalue weighted by atomic mass is 32.2. The molecule has 1 amide bonds. The van der Waals surface area contributed by atoms with E-state index < -0.39 is 11.1 Å². The lowest BCUT2D eigenvalue weighted by Crippen LogP contribution is -2.22. The van der Waals surface area contributed by atoms with Gasteiger partial charge in [-0.05, 0) is 36.6 Å². The Morgan fingerprint density at radius 2 is 2.22 bits per heavy atom. The van der Waals surface area contributed by atoms with Gasteiger partial charge in [0, 0.05) is 42.9 Å². The predicted molar refractivity (Wildman–Crippen MR) is 89.3 cm³/mol. The van der Waals surface area contributed by atoms with E-state index in [4.69, 9.17) is 4.74 Å². The number of rotatable bonds is 8. The van der Waals surface area contributed by atoms with Crippen LogP contribution in [0.1, 0.15) is 18.9 Å². The molecule has 1 aromatic heterocycles. The zero-order valence-corrected chi connectivity index (χ0v) is 14.1. The fraction of sp³-hybridized carbons (Fsp3) is 0.438. The molecule has 1 unspecified atom stereocenters. The molecular weight excluding hydrogens is 316 g/mol. The fourth-order valence-electron chi connectivity index (χ4n) is 2.59. The van der Waals surface area contributed by atoms with Gasteiger partial charge >= 0.3 is 0 Å². The maximum absolute atomic E-state index is 11.0. The third kappa shape index (κ3) is 4.80. The van der Waals surface area contributed by atoms with E-state index >= 15 is 0 Å². The van der Waals surface area contributed by atoms with Crippen LogP contribution >= 0.6 is 0 Å². The first-order valence-corrected chi connectivity index (χ1v) is 8.71. The number of benzene rings is 1. The van der Waals surface area contributed by atoms with Gasteiger partial charge in [0.05, 0.1) is 7.11 Å². The number of nitrogens with zero attached hydrogens (tertiary/aromatic N) is 1. The molecule has 0 bridgehead atoms. The molecule has 7 heteroatoms. The van der Waals surface area contributed by atoms with E-state index in [0.717, 1.165) is 22.2 Å². The molecule has 23 heavy (non-hydrogen) atoms. The van der Waals surface area contributed by atoms with Crippen LogP contribution in [0.4, 0.5) is 0 Å². The minimum absolute atomic E-state index is 0.0516. The second-order valence-corrected chi connectivity index (χ2v) is 6.34. The van der Waals surface area contributed by atoms with Crippen molar-refractivity contribution >= 4 is 27.9 Å². The largest absolute Gasteiger partial charge is 0.772 e. The standard InChI is InChI=1S/C16H22N2O4S/c1-12(19)17-7-6-13-11-18(8-3-9-23(20)21)16-5-4-14(22-2)10-15(13)16/h4-5,10-11H,3,6-9H2,1-2H3,(H,17,19)(H,20,21)/p-1. The highest BCUT2D eigenvalue weighted by Crippen LogP contribution is 2.26. The lowest BCUT2D eigenvalue weighted by atomic mass is 10.1. The average molecular weight is 337 g/mol. The van der Waals surface area contributed by atoms with Crippen LogP contribution in [0.25, 0.3) is 10.9 Å². The van der Waals surface area contributed by atoms with Crippen LogP contribution < -0.4 is 10.1 Å². The molecule has 2 aromatic rings. The van der Waals surface area contributed by atoms with E-state index in [-0.39, 0.29) is 11.7 Å². The molecule has 1 aromatic carbocycles. The molecule has 0 aliphatic heterocycles. The van der Waals surface area contributed by atoms with Gasteiger partial charge in [-0.2, -0.15) is 0 Å². The third-order valence-electron chi connectivity index (χ3n) is 3.65. The van der Waals surface area contributed by atoms with Crippen molar-refractivity contribution in [2.45, 2.75) is 26.3 Å². The normalized spacial score (nSPS) is 12.3. The summed E-state index contributed by atoms with van der Waals surface area (Å²) in [4.78, 5) is 11.0. The van der Waals surface area contributed by atoms with Gasteiger partial charge in [0.2, 0.25) is 5.91 Å². The number of methoxy groups -OCH3 is 1. The Labute approximate surface area is 138 Å². The Bertz CT molecular complexity index is 711. The summed E-state index contributed by atoms with van der Waals surface area (Å²) in [5.74, 6) is 0.873. The lowest BCUT2D eigenvalue weighted by Gasteiger charge is -2.07. The Morgan fingerprint density at radius 1 is 1.43 bits per heavy atom. The predicted octanol–water partition coefficient (Wildman–Crippen LogP) is 1.60. The number of hydrogen-bond acceptors (Lipinski definition) is 4. The summed E-state index contributed by atoms with van der Waals surface area (Å²) in [6, 6.07) is 5.84. The Morgan fingerprint density at radius 3 is 2.87 bits per heavy atom. The molecule has 0 spiro atoms. The topological polar surface area (TPSA) is 83.4 Å². The first kappa shape index (κ1) is 17.5. The van der Waals surface area contributed by atoms with Crippen LogP contribution in [0.2, 0.25) is 0 Å². The molecule has 126 valence electrons. The van der Waals surface area contributed by atoms with E-state index in [1.54, 1.807) is 7.11 Å². The van der Waals surface area contributed by atoms with Gasteiger partial charge < -0.3 is 19.2 Å². The van der Waals surface area contributed by atoms with Crippen molar-refractivity contribution in [2.24, 2.45) is 0 Å². The van der Waals surface area contributed by atoms with Gasteiger partial charge in [-0.15, -0.1) is 0 Å². The van der Waals surface area contributed by atoms with Gasteiger partial charge in [0.25, 0.3) is 0 Å². The second-order valence-electron chi connectivity index (χ2n) is 5.33. The molecule has 1 N–H and O–H groups in total. The molecule has 0 fully saturated rings. The van der Waals surface area contributed by atoms with Crippen LogP contribution in [0.3, 0.4) is 0 Å². The summed E-state index contributed by atoms with van der Waals surface area (Å²) < 4.78 is 28.7. The zero-order chi connectivity index (χ0) is 16.8. The average Bonchev–Trinajstić information content (AvgIpc) is 2.84. The number of amides is 1. The molecule has 1 heterocycles. The number of aromatic nitrogens is 1. The number of hydrogen-bond donors (Lipinski definition) is 1. The third-order valence-corrected chi connectivity index (χ3v) is 4.27. The second kappa shape index (κ2) is 8.12. The van der Waals surface area contributed by atoms with E-state index in [9.17, 15) is 13.6 Å². The molecule has 0 saturated carbocycles. The SMILES string of the molecule is COc1ccc2c(c1)c(CCNC(C)=O)cn2CCCS(=O)[O-]. The van der Waals surface area contributed by atoms with E-state index in [1.807, 2.05) is 24.4 Å². The molecule has 0 aliphatic carbocycles. The summed E-state index contributed by atoms with van der Waals surface area (Å²) in [7, 11) is 1.62. The molecule has 1 atom stereocenters. The van der Waals surface area contributed by atoms with Crippen molar-refractivity contribution in [3.63, 3.8) is 0 Å². The van der Waals surface area contributed by atoms with Crippen LogP contribution in [-0.2, 0) is 28.8 Å². The Kier molecular flexibility index (Phi) is 6.18. The van der Waals surface area contributed by atoms with Gasteiger partial charge in [-0.1, -0.05) is 11.1 Å². The van der Waals surface area contributed by atoms with Gasteiger partial charge in [0.1, 0.15) is 5.75 Å².